The van der Waals surface area contributed by atoms with Gasteiger partial charge in [0.25, 0.3) is 5.56 Å². The number of hydrogen-bond donors (Lipinski definition) is 1. The molecule has 144 valence electrons. The van der Waals surface area contributed by atoms with Crippen LogP contribution < -0.4 is 10.9 Å². The minimum Gasteiger partial charge on any atom is -0.321 e. The highest BCUT2D eigenvalue weighted by atomic mass is 79.9. The van der Waals surface area contributed by atoms with Crippen molar-refractivity contribution in [1.29, 1.82) is 0 Å². The largest absolute Gasteiger partial charge is 0.321 e. The number of nitrogens with zero attached hydrogens (tertiary/aromatic N) is 1. The Kier molecular flexibility index (Phi) is 6.77. The molecule has 0 unspecified atom stereocenters. The number of pyridine rings is 1. The zero-order valence-corrected chi connectivity index (χ0v) is 17.8. The Hall–Kier alpha value is -1.59. The van der Waals surface area contributed by atoms with E-state index in [1.807, 2.05) is 25.1 Å². The fourth-order valence-electron chi connectivity index (χ4n) is 3.56. The number of halogens is 2. The molecule has 1 amide bonds. The van der Waals surface area contributed by atoms with Gasteiger partial charge in [-0.2, -0.15) is 0 Å². The molecule has 0 saturated heterocycles. The van der Waals surface area contributed by atoms with E-state index in [2.05, 4.69) is 21.2 Å². The number of rotatable bonds is 4. The Morgan fingerprint density at radius 2 is 1.89 bits per heavy atom. The van der Waals surface area contributed by atoms with Crippen LogP contribution >= 0.6 is 27.5 Å². The minimum atomic E-state index is -0.211. The number of aromatic nitrogens is 1. The van der Waals surface area contributed by atoms with Crippen LogP contribution in [0.4, 0.5) is 5.69 Å². The van der Waals surface area contributed by atoms with Gasteiger partial charge in [-0.1, -0.05) is 55.5 Å². The van der Waals surface area contributed by atoms with E-state index in [4.69, 9.17) is 11.6 Å². The van der Waals surface area contributed by atoms with Crippen LogP contribution in [0.3, 0.4) is 0 Å². The molecule has 1 N–H and O–H groups in total. The Balaban J connectivity index is 1.88. The van der Waals surface area contributed by atoms with Crippen LogP contribution in [0, 0.1) is 12.8 Å². The molecule has 2 aromatic rings. The number of nitrogens with one attached hydrogen (secondary N) is 1. The Morgan fingerprint density at radius 3 is 2.56 bits per heavy atom. The predicted molar refractivity (Wildman–Crippen MR) is 114 cm³/mol. The molecule has 1 aromatic heterocycles. The number of amides is 1. The lowest BCUT2D eigenvalue weighted by molar-refractivity contribution is -0.120. The lowest BCUT2D eigenvalue weighted by Gasteiger charge is -2.17. The van der Waals surface area contributed by atoms with Crippen LogP contribution in [0.2, 0.25) is 5.02 Å². The van der Waals surface area contributed by atoms with Crippen LogP contribution in [-0.4, -0.2) is 10.5 Å². The number of carbonyl (C=O) groups excluding carboxylic acids is 1. The molecule has 1 heterocycles. The highest BCUT2D eigenvalue weighted by Gasteiger charge is 2.22. The molecule has 6 heteroatoms. The molecule has 0 bridgehead atoms. The second kappa shape index (κ2) is 9.07. The molecule has 0 atom stereocenters. The third-order valence-electron chi connectivity index (χ3n) is 5.25. The normalized spacial score (nSPS) is 15.4. The average molecular weight is 452 g/mol. The van der Waals surface area contributed by atoms with E-state index in [0.717, 1.165) is 41.3 Å². The van der Waals surface area contributed by atoms with Crippen molar-refractivity contribution in [2.75, 3.05) is 5.32 Å². The molecular formula is C21H24BrClN2O2. The van der Waals surface area contributed by atoms with Crippen molar-refractivity contribution >= 4 is 39.1 Å². The summed E-state index contributed by atoms with van der Waals surface area (Å²) >= 11 is 9.76. The van der Waals surface area contributed by atoms with Crippen molar-refractivity contribution < 1.29 is 4.79 Å². The second-order valence-electron chi connectivity index (χ2n) is 7.18. The second-order valence-corrected chi connectivity index (χ2v) is 8.44. The van der Waals surface area contributed by atoms with Crippen LogP contribution in [0.5, 0.6) is 0 Å². The first-order valence-corrected chi connectivity index (χ1v) is 10.6. The fourth-order valence-corrected chi connectivity index (χ4v) is 4.20. The monoisotopic (exact) mass is 450 g/mol. The van der Waals surface area contributed by atoms with Gasteiger partial charge in [0.15, 0.2) is 0 Å². The SMILES string of the molecule is Cc1c(Br)cn(Cc2ccccc2Cl)c(=O)c1NC(=O)C1CCCCCC1. The van der Waals surface area contributed by atoms with Gasteiger partial charge in [-0.25, -0.2) is 0 Å². The van der Waals surface area contributed by atoms with E-state index < -0.39 is 0 Å². The summed E-state index contributed by atoms with van der Waals surface area (Å²) in [6, 6.07) is 7.45. The predicted octanol–water partition coefficient (Wildman–Crippen LogP) is 5.53. The standard InChI is InChI=1S/C21H24BrClN2O2/c1-14-17(22)13-25(12-16-10-6-7-11-18(16)23)21(27)19(14)24-20(26)15-8-4-2-3-5-9-15/h6-7,10-11,13,15H,2-5,8-9,12H2,1H3,(H,24,26). The fraction of sp³-hybridized carbons (Fsp3) is 0.429. The molecule has 1 aliphatic rings. The lowest BCUT2D eigenvalue weighted by atomic mass is 9.99. The summed E-state index contributed by atoms with van der Waals surface area (Å²) in [5, 5.41) is 3.54. The van der Waals surface area contributed by atoms with E-state index in [-0.39, 0.29) is 17.4 Å². The Labute approximate surface area is 173 Å². The lowest BCUT2D eigenvalue weighted by Crippen LogP contribution is -2.30. The highest BCUT2D eigenvalue weighted by Crippen LogP contribution is 2.26. The van der Waals surface area contributed by atoms with Gasteiger partial charge in [-0.3, -0.25) is 9.59 Å². The van der Waals surface area contributed by atoms with E-state index in [9.17, 15) is 9.59 Å². The summed E-state index contributed by atoms with van der Waals surface area (Å²) < 4.78 is 2.37. The number of carbonyl (C=O) groups is 1. The molecule has 1 saturated carbocycles. The summed E-state index contributed by atoms with van der Waals surface area (Å²) in [6.07, 6.45) is 8.06. The van der Waals surface area contributed by atoms with Crippen LogP contribution in [-0.2, 0) is 11.3 Å². The van der Waals surface area contributed by atoms with Gasteiger partial charge >= 0.3 is 0 Å². The topological polar surface area (TPSA) is 51.1 Å². The van der Waals surface area contributed by atoms with Crippen LogP contribution in [0.1, 0.15) is 49.7 Å². The van der Waals surface area contributed by atoms with Crippen molar-refractivity contribution in [1.82, 2.24) is 4.57 Å². The smallest absolute Gasteiger partial charge is 0.274 e. The molecule has 0 radical (unpaired) electrons. The zero-order chi connectivity index (χ0) is 19.4. The molecule has 1 aromatic carbocycles. The first kappa shape index (κ1) is 20.2. The van der Waals surface area contributed by atoms with Crippen molar-refractivity contribution in [2.24, 2.45) is 5.92 Å². The van der Waals surface area contributed by atoms with Crippen molar-refractivity contribution in [3.63, 3.8) is 0 Å². The average Bonchev–Trinajstić information content (AvgIpc) is 2.94. The van der Waals surface area contributed by atoms with Crippen molar-refractivity contribution in [2.45, 2.75) is 52.0 Å². The quantitative estimate of drug-likeness (QED) is 0.621. The minimum absolute atomic E-state index is 0.0118. The van der Waals surface area contributed by atoms with E-state index in [1.54, 1.807) is 16.8 Å². The van der Waals surface area contributed by atoms with E-state index in [0.29, 0.717) is 17.3 Å². The Bertz CT molecular complexity index is 886. The first-order chi connectivity index (χ1) is 13.0. The maximum atomic E-state index is 13.0. The van der Waals surface area contributed by atoms with Gasteiger partial charge in [0.1, 0.15) is 5.69 Å². The highest BCUT2D eigenvalue weighted by molar-refractivity contribution is 9.10. The maximum Gasteiger partial charge on any atom is 0.274 e. The maximum absolute atomic E-state index is 13.0. The third kappa shape index (κ3) is 4.82. The van der Waals surface area contributed by atoms with Crippen molar-refractivity contribution in [3.05, 3.63) is 61.4 Å². The van der Waals surface area contributed by atoms with E-state index >= 15 is 0 Å². The van der Waals surface area contributed by atoms with Crippen LogP contribution in [0.15, 0.2) is 39.7 Å². The van der Waals surface area contributed by atoms with Gasteiger partial charge in [-0.15, -0.1) is 0 Å². The number of benzene rings is 1. The molecule has 1 fully saturated rings. The summed E-state index contributed by atoms with van der Waals surface area (Å²) in [6.45, 7) is 2.19. The molecule has 0 aliphatic heterocycles. The van der Waals surface area contributed by atoms with Gasteiger partial charge in [0.05, 0.1) is 6.54 Å². The van der Waals surface area contributed by atoms with Gasteiger partial charge in [0.2, 0.25) is 5.91 Å². The molecule has 4 nitrogen and oxygen atoms in total. The summed E-state index contributed by atoms with van der Waals surface area (Å²) in [5.41, 5.74) is 1.75. The summed E-state index contributed by atoms with van der Waals surface area (Å²) in [5.74, 6) is -0.0539. The molecular weight excluding hydrogens is 428 g/mol. The summed E-state index contributed by atoms with van der Waals surface area (Å²) in [7, 11) is 0. The summed E-state index contributed by atoms with van der Waals surface area (Å²) in [4.78, 5) is 25.8. The van der Waals surface area contributed by atoms with Gasteiger partial charge in [-0.05, 0) is 52.9 Å². The number of hydrogen-bond acceptors (Lipinski definition) is 2. The molecule has 3 rings (SSSR count). The number of anilines is 1. The first-order valence-electron chi connectivity index (χ1n) is 9.41. The van der Waals surface area contributed by atoms with Gasteiger partial charge < -0.3 is 9.88 Å². The molecule has 0 spiro atoms. The third-order valence-corrected chi connectivity index (χ3v) is 6.42. The van der Waals surface area contributed by atoms with Gasteiger partial charge in [0, 0.05) is 21.6 Å². The Morgan fingerprint density at radius 1 is 1.22 bits per heavy atom. The molecule has 1 aliphatic carbocycles. The van der Waals surface area contributed by atoms with Crippen molar-refractivity contribution in [3.8, 4) is 0 Å². The zero-order valence-electron chi connectivity index (χ0n) is 15.4. The van der Waals surface area contributed by atoms with E-state index in [1.165, 1.54) is 12.8 Å². The molecule has 27 heavy (non-hydrogen) atoms. The van der Waals surface area contributed by atoms with Crippen LogP contribution in [0.25, 0.3) is 0 Å².